The molecule has 1 aromatic carbocycles. The number of rotatable bonds is 5. The maximum atomic E-state index is 5.76. The molecule has 0 saturated carbocycles. The highest BCUT2D eigenvalue weighted by Crippen LogP contribution is 2.21. The highest BCUT2D eigenvalue weighted by atomic mass is 127. The molecule has 14 heavy (non-hydrogen) atoms. The number of benzene rings is 1. The third-order valence-corrected chi connectivity index (χ3v) is 2.78. The molecule has 0 N–H and O–H groups in total. The van der Waals surface area contributed by atoms with Crippen molar-refractivity contribution >= 4 is 22.6 Å². The summed E-state index contributed by atoms with van der Waals surface area (Å²) in [5, 5.41) is 0. The third kappa shape index (κ3) is 3.84. The van der Waals surface area contributed by atoms with E-state index in [9.17, 15) is 0 Å². The van der Waals surface area contributed by atoms with Gasteiger partial charge in [0.1, 0.15) is 5.75 Å². The quantitative estimate of drug-likeness (QED) is 0.778. The van der Waals surface area contributed by atoms with Gasteiger partial charge in [0.25, 0.3) is 0 Å². The first kappa shape index (κ1) is 11.8. The van der Waals surface area contributed by atoms with Gasteiger partial charge in [0, 0.05) is 20.1 Å². The van der Waals surface area contributed by atoms with Crippen molar-refractivity contribution in [1.82, 2.24) is 0 Å². The van der Waals surface area contributed by atoms with Gasteiger partial charge in [-0.15, -0.1) is 0 Å². The van der Waals surface area contributed by atoms with Crippen LogP contribution in [0.25, 0.3) is 0 Å². The van der Waals surface area contributed by atoms with Gasteiger partial charge in [-0.1, -0.05) is 12.1 Å². The molecular formula is C11H15IO2. The van der Waals surface area contributed by atoms with Gasteiger partial charge >= 0.3 is 0 Å². The average Bonchev–Trinajstić information content (AvgIpc) is 2.18. The van der Waals surface area contributed by atoms with Crippen molar-refractivity contribution in [2.45, 2.75) is 19.4 Å². The molecule has 78 valence electrons. The summed E-state index contributed by atoms with van der Waals surface area (Å²) in [4.78, 5) is 0. The molecule has 0 amide bonds. The Labute approximate surface area is 98.7 Å². The lowest BCUT2D eigenvalue weighted by atomic mass is 10.3. The van der Waals surface area contributed by atoms with Crippen LogP contribution >= 0.6 is 22.6 Å². The van der Waals surface area contributed by atoms with Crippen LogP contribution in [0.15, 0.2) is 24.3 Å². The van der Waals surface area contributed by atoms with Crippen molar-refractivity contribution in [3.05, 3.63) is 27.8 Å². The Morgan fingerprint density at radius 3 is 2.71 bits per heavy atom. The number of ether oxygens (including phenoxy) is 2. The van der Waals surface area contributed by atoms with Crippen LogP contribution in [0.5, 0.6) is 5.75 Å². The number of para-hydroxylation sites is 1. The van der Waals surface area contributed by atoms with Crippen molar-refractivity contribution in [1.29, 1.82) is 0 Å². The Morgan fingerprint density at radius 1 is 1.36 bits per heavy atom. The van der Waals surface area contributed by atoms with Gasteiger partial charge in [-0.05, 0) is 41.6 Å². The summed E-state index contributed by atoms with van der Waals surface area (Å²) in [6.45, 7) is 2.80. The van der Waals surface area contributed by atoms with E-state index in [4.69, 9.17) is 9.47 Å². The lowest BCUT2D eigenvalue weighted by Crippen LogP contribution is -2.14. The highest BCUT2D eigenvalue weighted by molar-refractivity contribution is 14.1. The fraction of sp³-hybridized carbons (Fsp3) is 0.455. The van der Waals surface area contributed by atoms with Crippen LogP contribution in [-0.4, -0.2) is 19.8 Å². The van der Waals surface area contributed by atoms with Crippen LogP contribution in [0.3, 0.4) is 0 Å². The van der Waals surface area contributed by atoms with Crippen molar-refractivity contribution in [3.8, 4) is 5.75 Å². The summed E-state index contributed by atoms with van der Waals surface area (Å²) >= 11 is 2.28. The van der Waals surface area contributed by atoms with E-state index in [0.29, 0.717) is 0 Å². The molecule has 3 heteroatoms. The molecule has 2 nitrogen and oxygen atoms in total. The average molecular weight is 306 g/mol. The molecule has 0 heterocycles. The van der Waals surface area contributed by atoms with Crippen LogP contribution in [0.2, 0.25) is 0 Å². The minimum atomic E-state index is 0.200. The van der Waals surface area contributed by atoms with E-state index in [1.807, 2.05) is 24.3 Å². The van der Waals surface area contributed by atoms with E-state index >= 15 is 0 Å². The van der Waals surface area contributed by atoms with Gasteiger partial charge < -0.3 is 9.47 Å². The third-order valence-electron chi connectivity index (χ3n) is 1.89. The Kier molecular flexibility index (Phi) is 5.25. The monoisotopic (exact) mass is 306 g/mol. The Balaban J connectivity index is 2.47. The summed E-state index contributed by atoms with van der Waals surface area (Å²) in [5.41, 5.74) is 0. The summed E-state index contributed by atoms with van der Waals surface area (Å²) in [6, 6.07) is 8.03. The van der Waals surface area contributed by atoms with E-state index in [2.05, 4.69) is 29.5 Å². The molecule has 0 radical (unpaired) electrons. The molecule has 0 aliphatic carbocycles. The van der Waals surface area contributed by atoms with Gasteiger partial charge in [-0.2, -0.15) is 0 Å². The summed E-state index contributed by atoms with van der Waals surface area (Å²) in [7, 11) is 1.71. The van der Waals surface area contributed by atoms with Crippen LogP contribution in [-0.2, 0) is 4.74 Å². The lowest BCUT2D eigenvalue weighted by Gasteiger charge is -2.15. The second kappa shape index (κ2) is 6.24. The largest absolute Gasteiger partial charge is 0.490 e. The first-order valence-corrected chi connectivity index (χ1v) is 5.72. The van der Waals surface area contributed by atoms with Gasteiger partial charge in [0.05, 0.1) is 9.67 Å². The van der Waals surface area contributed by atoms with Gasteiger partial charge in [-0.3, -0.25) is 0 Å². The van der Waals surface area contributed by atoms with E-state index in [0.717, 1.165) is 22.3 Å². The number of hydrogen-bond donors (Lipinski definition) is 0. The van der Waals surface area contributed by atoms with E-state index < -0.39 is 0 Å². The first-order valence-electron chi connectivity index (χ1n) is 4.64. The molecule has 0 aliphatic heterocycles. The molecule has 0 spiro atoms. The number of hydrogen-bond acceptors (Lipinski definition) is 2. The smallest absolute Gasteiger partial charge is 0.133 e. The van der Waals surface area contributed by atoms with E-state index in [-0.39, 0.29) is 6.10 Å². The van der Waals surface area contributed by atoms with Crippen LogP contribution in [0, 0.1) is 3.57 Å². The molecule has 0 bridgehead atoms. The van der Waals surface area contributed by atoms with Gasteiger partial charge in [0.2, 0.25) is 0 Å². The zero-order chi connectivity index (χ0) is 10.4. The molecule has 1 atom stereocenters. The second-order valence-corrected chi connectivity index (χ2v) is 4.30. The SMILES string of the molecule is COCCC(C)Oc1ccccc1I. The van der Waals surface area contributed by atoms with E-state index in [1.165, 1.54) is 0 Å². The van der Waals surface area contributed by atoms with Crippen molar-refractivity contribution in [3.63, 3.8) is 0 Å². The minimum Gasteiger partial charge on any atom is -0.490 e. The molecule has 0 aromatic heterocycles. The fourth-order valence-corrected chi connectivity index (χ4v) is 1.61. The van der Waals surface area contributed by atoms with Crippen molar-refractivity contribution < 1.29 is 9.47 Å². The second-order valence-electron chi connectivity index (χ2n) is 3.14. The maximum absolute atomic E-state index is 5.76. The molecule has 1 unspecified atom stereocenters. The van der Waals surface area contributed by atoms with Crippen molar-refractivity contribution in [2.75, 3.05) is 13.7 Å². The minimum absolute atomic E-state index is 0.200. The Morgan fingerprint density at radius 2 is 2.07 bits per heavy atom. The Bertz CT molecular complexity index is 276. The molecule has 1 rings (SSSR count). The van der Waals surface area contributed by atoms with Gasteiger partial charge in [-0.25, -0.2) is 0 Å². The van der Waals surface area contributed by atoms with Crippen LogP contribution < -0.4 is 4.74 Å². The highest BCUT2D eigenvalue weighted by Gasteiger charge is 2.05. The van der Waals surface area contributed by atoms with Crippen molar-refractivity contribution in [2.24, 2.45) is 0 Å². The molecule has 0 saturated heterocycles. The zero-order valence-corrected chi connectivity index (χ0v) is 10.7. The summed E-state index contributed by atoms with van der Waals surface area (Å²) in [6.07, 6.45) is 1.12. The Hall–Kier alpha value is -0.290. The predicted molar refractivity (Wildman–Crippen MR) is 65.7 cm³/mol. The normalized spacial score (nSPS) is 12.5. The molecular weight excluding hydrogens is 291 g/mol. The summed E-state index contributed by atoms with van der Waals surface area (Å²) < 4.78 is 11.9. The molecule has 0 aliphatic rings. The number of halogens is 1. The molecule has 0 fully saturated rings. The fourth-order valence-electron chi connectivity index (χ4n) is 1.10. The van der Waals surface area contributed by atoms with Crippen LogP contribution in [0.1, 0.15) is 13.3 Å². The number of methoxy groups -OCH3 is 1. The zero-order valence-electron chi connectivity index (χ0n) is 8.50. The molecule has 1 aromatic rings. The van der Waals surface area contributed by atoms with Gasteiger partial charge in [0.15, 0.2) is 0 Å². The first-order chi connectivity index (χ1) is 6.74. The lowest BCUT2D eigenvalue weighted by molar-refractivity contribution is 0.134. The predicted octanol–water partition coefficient (Wildman–Crippen LogP) is 3.10. The van der Waals surface area contributed by atoms with Crippen LogP contribution in [0.4, 0.5) is 0 Å². The standard InChI is InChI=1S/C11H15IO2/c1-9(7-8-13-2)14-11-6-4-3-5-10(11)12/h3-6,9H,7-8H2,1-2H3. The van der Waals surface area contributed by atoms with E-state index in [1.54, 1.807) is 7.11 Å². The summed E-state index contributed by atoms with van der Waals surface area (Å²) in [5.74, 6) is 0.955. The maximum Gasteiger partial charge on any atom is 0.133 e. The topological polar surface area (TPSA) is 18.5 Å².